The lowest BCUT2D eigenvalue weighted by molar-refractivity contribution is -0.973. The normalized spacial score (nSPS) is 27.7. The van der Waals surface area contributed by atoms with Gasteiger partial charge in [0.05, 0.1) is 27.7 Å². The maximum absolute atomic E-state index is 12.4. The number of fused-ring (bicyclic) bond motifs is 2. The second-order valence-corrected chi connectivity index (χ2v) is 8.84. The summed E-state index contributed by atoms with van der Waals surface area (Å²) in [5.41, 5.74) is 0.660. The number of thiophene rings is 1. The molecule has 4 nitrogen and oxygen atoms in total. The van der Waals surface area contributed by atoms with E-state index in [1.165, 1.54) is 24.1 Å². The van der Waals surface area contributed by atoms with Crippen LogP contribution in [-0.2, 0) is 6.54 Å². The largest absolute Gasteiger partial charge is 0.335 e. The first-order valence-electron chi connectivity index (χ1n) is 9.39. The number of carbonyl (C=O) groups excluding carboxylic acids is 1. The molecule has 0 saturated carbocycles. The molecule has 1 aromatic heterocycles. The number of para-hydroxylation sites is 1. The lowest BCUT2D eigenvalue weighted by Crippen LogP contribution is -3.20. The molecule has 0 unspecified atom stereocenters. The van der Waals surface area contributed by atoms with Gasteiger partial charge in [-0.3, -0.25) is 0 Å². The molecule has 2 aliphatic heterocycles. The Balaban J connectivity index is 1.36. The van der Waals surface area contributed by atoms with Crippen molar-refractivity contribution >= 4 is 34.7 Å². The average Bonchev–Trinajstić information content (AvgIpc) is 3.11. The summed E-state index contributed by atoms with van der Waals surface area (Å²) in [5, 5.41) is 8.80. The van der Waals surface area contributed by atoms with Gasteiger partial charge in [-0.05, 0) is 42.8 Å². The number of benzene rings is 1. The Kier molecular flexibility index (Phi) is 5.48. The van der Waals surface area contributed by atoms with E-state index in [9.17, 15) is 4.79 Å². The first-order valence-corrected chi connectivity index (χ1v) is 10.6. The Hall–Kier alpha value is -1.56. The fourth-order valence-corrected chi connectivity index (χ4v) is 5.49. The molecule has 0 aliphatic carbocycles. The van der Waals surface area contributed by atoms with E-state index in [1.807, 2.05) is 29.5 Å². The van der Waals surface area contributed by atoms with Crippen LogP contribution in [0.4, 0.5) is 10.5 Å². The molecule has 1 aromatic carbocycles. The van der Waals surface area contributed by atoms with Gasteiger partial charge in [0.2, 0.25) is 0 Å². The molecule has 2 fully saturated rings. The predicted molar refractivity (Wildman–Crippen MR) is 107 cm³/mol. The molecule has 2 aliphatic rings. The molecule has 6 heteroatoms. The van der Waals surface area contributed by atoms with E-state index < -0.39 is 0 Å². The third-order valence-corrected chi connectivity index (χ3v) is 6.91. The molecule has 3 heterocycles. The zero-order valence-corrected chi connectivity index (χ0v) is 16.3. The van der Waals surface area contributed by atoms with Crippen LogP contribution in [-0.4, -0.2) is 24.2 Å². The molecule has 2 amide bonds. The van der Waals surface area contributed by atoms with Crippen LogP contribution in [0.3, 0.4) is 0 Å². The Labute approximate surface area is 163 Å². The summed E-state index contributed by atoms with van der Waals surface area (Å²) in [7, 11) is 0. The highest BCUT2D eigenvalue weighted by atomic mass is 35.5. The van der Waals surface area contributed by atoms with Crippen LogP contribution in [0.25, 0.3) is 0 Å². The first-order chi connectivity index (χ1) is 12.7. The maximum atomic E-state index is 12.4. The van der Waals surface area contributed by atoms with Crippen LogP contribution >= 0.6 is 22.9 Å². The zero-order valence-electron chi connectivity index (χ0n) is 14.7. The minimum atomic E-state index is -0.150. The van der Waals surface area contributed by atoms with Crippen molar-refractivity contribution in [2.45, 2.75) is 56.8 Å². The lowest BCUT2D eigenvalue weighted by atomic mass is 9.81. The molecule has 3 N–H and O–H groups in total. The minimum Gasteiger partial charge on any atom is -0.335 e. The van der Waals surface area contributed by atoms with Gasteiger partial charge in [0.1, 0.15) is 6.54 Å². The van der Waals surface area contributed by atoms with Gasteiger partial charge in [0.25, 0.3) is 0 Å². The number of halogens is 1. The number of amides is 2. The van der Waals surface area contributed by atoms with Gasteiger partial charge in [0.15, 0.2) is 0 Å². The van der Waals surface area contributed by atoms with Gasteiger partial charge < -0.3 is 15.5 Å². The summed E-state index contributed by atoms with van der Waals surface area (Å²) in [5.74, 6) is 0. The highest BCUT2D eigenvalue weighted by molar-refractivity contribution is 7.09. The van der Waals surface area contributed by atoms with Gasteiger partial charge in [0, 0.05) is 18.9 Å². The molecule has 2 bridgehead atoms. The van der Waals surface area contributed by atoms with Gasteiger partial charge >= 0.3 is 6.03 Å². The summed E-state index contributed by atoms with van der Waals surface area (Å²) in [6, 6.07) is 13.1. The number of anilines is 1. The lowest BCUT2D eigenvalue weighted by Gasteiger charge is -2.45. The number of rotatable bonds is 4. The Morgan fingerprint density at radius 1 is 1.15 bits per heavy atom. The second-order valence-electron chi connectivity index (χ2n) is 7.40. The van der Waals surface area contributed by atoms with Crippen LogP contribution in [0.5, 0.6) is 0 Å². The fourth-order valence-electron chi connectivity index (χ4n) is 4.56. The monoisotopic (exact) mass is 390 g/mol. The highest BCUT2D eigenvalue weighted by Crippen LogP contribution is 2.24. The molecule has 2 atom stereocenters. The first kappa shape index (κ1) is 17.8. The maximum Gasteiger partial charge on any atom is 0.319 e. The van der Waals surface area contributed by atoms with E-state index in [0.717, 1.165) is 19.4 Å². The molecule has 2 aromatic rings. The second kappa shape index (κ2) is 7.99. The highest BCUT2D eigenvalue weighted by Gasteiger charge is 2.42. The average molecular weight is 391 g/mol. The van der Waals surface area contributed by atoms with E-state index in [2.05, 4.69) is 28.1 Å². The van der Waals surface area contributed by atoms with Gasteiger partial charge in [-0.25, -0.2) is 4.79 Å². The third-order valence-electron chi connectivity index (χ3n) is 5.71. The molecule has 4 rings (SSSR count). The van der Waals surface area contributed by atoms with E-state index >= 15 is 0 Å². The smallest absolute Gasteiger partial charge is 0.319 e. The minimum absolute atomic E-state index is 0.150. The van der Waals surface area contributed by atoms with E-state index in [-0.39, 0.29) is 12.1 Å². The van der Waals surface area contributed by atoms with Crippen LogP contribution < -0.4 is 15.5 Å². The standard InChI is InChI=1S/C20H24ClN3OS/c21-18-8-1-2-9-19(18)23-20(25)22-14-11-15-5-3-6-16(12-14)24(15)13-17-7-4-10-26-17/h1-2,4,7-10,14-16H,3,5-6,11-13H2,(H2,22,23,25)/p+1/t15-,16-/m1/s1. The number of hydrogen-bond acceptors (Lipinski definition) is 2. The fraction of sp³-hybridized carbons (Fsp3) is 0.450. The molecular weight excluding hydrogens is 366 g/mol. The van der Waals surface area contributed by atoms with Crippen molar-refractivity contribution in [3.8, 4) is 0 Å². The Bertz CT molecular complexity index is 737. The number of carbonyl (C=O) groups is 1. The number of nitrogens with one attached hydrogen (secondary N) is 3. The number of piperidine rings is 2. The van der Waals surface area contributed by atoms with E-state index in [1.54, 1.807) is 11.0 Å². The van der Waals surface area contributed by atoms with Crippen LogP contribution in [0.15, 0.2) is 41.8 Å². The van der Waals surface area contributed by atoms with Crippen molar-refractivity contribution < 1.29 is 9.69 Å². The molecule has 138 valence electrons. The van der Waals surface area contributed by atoms with Crippen molar-refractivity contribution in [2.75, 3.05) is 5.32 Å². The third kappa shape index (κ3) is 4.05. The van der Waals surface area contributed by atoms with Gasteiger partial charge in [-0.1, -0.05) is 29.8 Å². The van der Waals surface area contributed by atoms with E-state index in [0.29, 0.717) is 22.8 Å². The number of hydrogen-bond donors (Lipinski definition) is 3. The molecule has 0 radical (unpaired) electrons. The van der Waals surface area contributed by atoms with Crippen molar-refractivity contribution in [1.29, 1.82) is 0 Å². The zero-order chi connectivity index (χ0) is 17.9. The summed E-state index contributed by atoms with van der Waals surface area (Å²) >= 11 is 7.99. The number of quaternary nitrogens is 1. The summed E-state index contributed by atoms with van der Waals surface area (Å²) in [6.45, 7) is 1.13. The van der Waals surface area contributed by atoms with Crippen molar-refractivity contribution in [1.82, 2.24) is 5.32 Å². The quantitative estimate of drug-likeness (QED) is 0.732. The molecular formula is C20H25ClN3OS+. The molecule has 26 heavy (non-hydrogen) atoms. The van der Waals surface area contributed by atoms with Crippen LogP contribution in [0.1, 0.15) is 37.0 Å². The Morgan fingerprint density at radius 2 is 1.92 bits per heavy atom. The van der Waals surface area contributed by atoms with Gasteiger partial charge in [-0.15, -0.1) is 11.3 Å². The van der Waals surface area contributed by atoms with Crippen molar-refractivity contribution in [3.63, 3.8) is 0 Å². The van der Waals surface area contributed by atoms with E-state index in [4.69, 9.17) is 11.6 Å². The molecule has 0 spiro atoms. The topological polar surface area (TPSA) is 45.6 Å². The SMILES string of the molecule is O=C(Nc1ccccc1Cl)NC1C[C@H]2CCC[C@H](C1)[NH+]2Cc1cccs1. The predicted octanol–water partition coefficient (Wildman–Crippen LogP) is 3.69. The number of urea groups is 1. The van der Waals surface area contributed by atoms with Gasteiger partial charge in [-0.2, -0.15) is 0 Å². The molecule has 2 saturated heterocycles. The van der Waals surface area contributed by atoms with Crippen molar-refractivity contribution in [2.24, 2.45) is 0 Å². The van der Waals surface area contributed by atoms with Crippen LogP contribution in [0.2, 0.25) is 5.02 Å². The summed E-state index contributed by atoms with van der Waals surface area (Å²) in [6.07, 6.45) is 5.98. The summed E-state index contributed by atoms with van der Waals surface area (Å²) in [4.78, 5) is 15.6. The van der Waals surface area contributed by atoms with Crippen molar-refractivity contribution in [3.05, 3.63) is 51.7 Å². The van der Waals surface area contributed by atoms with Crippen LogP contribution in [0, 0.1) is 0 Å². The Morgan fingerprint density at radius 3 is 2.62 bits per heavy atom. The summed E-state index contributed by atoms with van der Waals surface area (Å²) < 4.78 is 0.